The number of rotatable bonds is 5. The highest BCUT2D eigenvalue weighted by molar-refractivity contribution is 9.10. The number of esters is 2. The monoisotopic (exact) mass is 442 g/mol. The molecule has 1 heterocycles. The molecular weight excluding hydrogens is 424 g/mol. The molecule has 2 N–H and O–H groups in total. The van der Waals surface area contributed by atoms with Gasteiger partial charge in [0.1, 0.15) is 0 Å². The highest BCUT2D eigenvalue weighted by Crippen LogP contribution is 2.40. The summed E-state index contributed by atoms with van der Waals surface area (Å²) in [5.41, 5.74) is 1.71. The third-order valence-electron chi connectivity index (χ3n) is 3.60. The Bertz CT molecular complexity index is 794. The minimum absolute atomic E-state index is 0.255. The Hall–Kier alpha value is -2.13. The summed E-state index contributed by atoms with van der Waals surface area (Å²) in [6, 6.07) is 2.87. The maximum absolute atomic E-state index is 12.4. The van der Waals surface area contributed by atoms with Crippen molar-refractivity contribution in [2.24, 2.45) is 0 Å². The van der Waals surface area contributed by atoms with Crippen LogP contribution in [0.5, 0.6) is 11.5 Å². The Morgan fingerprint density at radius 2 is 2.04 bits per heavy atom. The second-order valence-corrected chi connectivity index (χ2v) is 6.68. The maximum Gasteiger partial charge on any atom is 0.338 e. The molecule has 140 valence electrons. The van der Waals surface area contributed by atoms with E-state index in [4.69, 9.17) is 26.4 Å². The minimum atomic E-state index is -0.542. The number of thiocarbonyl (C=S) groups is 1. The van der Waals surface area contributed by atoms with Crippen molar-refractivity contribution in [3.05, 3.63) is 33.4 Å². The van der Waals surface area contributed by atoms with E-state index >= 15 is 0 Å². The van der Waals surface area contributed by atoms with Crippen LogP contribution in [0.15, 0.2) is 27.9 Å². The summed E-state index contributed by atoms with van der Waals surface area (Å²) in [5.74, 6) is -0.312. The normalized spacial score (nSPS) is 16.5. The molecule has 0 fully saturated rings. The van der Waals surface area contributed by atoms with Crippen LogP contribution in [0.4, 0.5) is 0 Å². The Morgan fingerprint density at radius 1 is 1.35 bits per heavy atom. The molecule has 26 heavy (non-hydrogen) atoms. The number of allylic oxidation sites excluding steroid dienone is 1. The molecule has 1 atom stereocenters. The fourth-order valence-corrected chi connectivity index (χ4v) is 3.38. The third-order valence-corrected chi connectivity index (χ3v) is 4.40. The summed E-state index contributed by atoms with van der Waals surface area (Å²) < 4.78 is 16.2. The van der Waals surface area contributed by atoms with E-state index in [1.54, 1.807) is 26.0 Å². The summed E-state index contributed by atoms with van der Waals surface area (Å²) >= 11 is 8.61. The van der Waals surface area contributed by atoms with Crippen molar-refractivity contribution in [2.75, 3.05) is 13.7 Å². The number of hydrogen-bond donors (Lipinski definition) is 2. The number of ether oxygens (including phenoxy) is 3. The van der Waals surface area contributed by atoms with Gasteiger partial charge in [0.2, 0.25) is 0 Å². The van der Waals surface area contributed by atoms with Crippen LogP contribution in [-0.4, -0.2) is 30.8 Å². The van der Waals surface area contributed by atoms with Gasteiger partial charge in [-0.05, 0) is 59.7 Å². The van der Waals surface area contributed by atoms with E-state index in [9.17, 15) is 9.59 Å². The smallest absolute Gasteiger partial charge is 0.338 e. The second-order valence-electron chi connectivity index (χ2n) is 5.42. The van der Waals surface area contributed by atoms with E-state index in [-0.39, 0.29) is 12.4 Å². The first-order valence-electron chi connectivity index (χ1n) is 7.79. The molecule has 2 rings (SSSR count). The Morgan fingerprint density at radius 3 is 2.62 bits per heavy atom. The number of benzene rings is 1. The standard InChI is InChI=1S/C17H19BrN2O5S/c1-5-24-16(22)13-8(2)19-17(26)20-14(13)10-6-11(18)15(25-9(3)21)12(7-10)23-4/h6-7,14H,5H2,1-4H3,(H2,19,20,26)/t14-/m1/s1. The van der Waals surface area contributed by atoms with E-state index in [1.807, 2.05) is 0 Å². The zero-order valence-corrected chi connectivity index (χ0v) is 17.2. The number of methoxy groups -OCH3 is 1. The van der Waals surface area contributed by atoms with Gasteiger partial charge in [-0.15, -0.1) is 0 Å². The van der Waals surface area contributed by atoms with Gasteiger partial charge in [0.15, 0.2) is 16.6 Å². The largest absolute Gasteiger partial charge is 0.493 e. The van der Waals surface area contributed by atoms with Crippen molar-refractivity contribution >= 4 is 45.2 Å². The van der Waals surface area contributed by atoms with Gasteiger partial charge >= 0.3 is 11.9 Å². The SMILES string of the molecule is CCOC(=O)C1=C(C)NC(=S)N[C@@H]1c1cc(Br)c(OC(C)=O)c(OC)c1. The van der Waals surface area contributed by atoms with Crippen molar-refractivity contribution in [3.63, 3.8) is 0 Å². The lowest BCUT2D eigenvalue weighted by molar-refractivity contribution is -0.139. The van der Waals surface area contributed by atoms with Gasteiger partial charge in [-0.3, -0.25) is 4.79 Å². The summed E-state index contributed by atoms with van der Waals surface area (Å²) in [7, 11) is 1.46. The first-order chi connectivity index (χ1) is 12.3. The first-order valence-corrected chi connectivity index (χ1v) is 8.99. The Balaban J connectivity index is 2.55. The van der Waals surface area contributed by atoms with Crippen LogP contribution in [-0.2, 0) is 14.3 Å². The third kappa shape index (κ3) is 4.34. The quantitative estimate of drug-likeness (QED) is 0.408. The van der Waals surface area contributed by atoms with Gasteiger partial charge in [-0.25, -0.2) is 4.79 Å². The van der Waals surface area contributed by atoms with Crippen molar-refractivity contribution in [2.45, 2.75) is 26.8 Å². The van der Waals surface area contributed by atoms with Gasteiger partial charge in [-0.1, -0.05) is 0 Å². The van der Waals surface area contributed by atoms with E-state index in [0.717, 1.165) is 0 Å². The molecule has 1 aromatic rings. The van der Waals surface area contributed by atoms with Crippen LogP contribution in [0.2, 0.25) is 0 Å². The maximum atomic E-state index is 12.4. The molecule has 1 aliphatic rings. The highest BCUT2D eigenvalue weighted by atomic mass is 79.9. The molecule has 0 spiro atoms. The van der Waals surface area contributed by atoms with Crippen LogP contribution >= 0.6 is 28.1 Å². The summed E-state index contributed by atoms with van der Waals surface area (Å²) in [6.45, 7) is 5.05. The van der Waals surface area contributed by atoms with Gasteiger partial charge < -0.3 is 24.8 Å². The number of halogens is 1. The molecule has 0 radical (unpaired) electrons. The topological polar surface area (TPSA) is 85.9 Å². The lowest BCUT2D eigenvalue weighted by Crippen LogP contribution is -2.45. The van der Waals surface area contributed by atoms with Crippen molar-refractivity contribution in [1.82, 2.24) is 10.6 Å². The molecular formula is C17H19BrN2O5S. The fourth-order valence-electron chi connectivity index (χ4n) is 2.57. The minimum Gasteiger partial charge on any atom is -0.493 e. The number of carbonyl (C=O) groups is 2. The molecule has 0 saturated carbocycles. The van der Waals surface area contributed by atoms with Gasteiger partial charge in [0, 0.05) is 12.6 Å². The zero-order chi connectivity index (χ0) is 19.4. The van der Waals surface area contributed by atoms with Crippen LogP contribution < -0.4 is 20.1 Å². The Labute approximate surface area is 165 Å². The number of hydrogen-bond acceptors (Lipinski definition) is 6. The van der Waals surface area contributed by atoms with Gasteiger partial charge in [0.25, 0.3) is 0 Å². The van der Waals surface area contributed by atoms with Crippen molar-refractivity contribution in [1.29, 1.82) is 0 Å². The fraction of sp³-hybridized carbons (Fsp3) is 0.353. The molecule has 0 aliphatic carbocycles. The second kappa shape index (κ2) is 8.50. The molecule has 9 heteroatoms. The predicted octanol–water partition coefficient (Wildman–Crippen LogP) is 2.74. The summed E-state index contributed by atoms with van der Waals surface area (Å²) in [6.07, 6.45) is 0. The van der Waals surface area contributed by atoms with E-state index < -0.39 is 18.0 Å². The lowest BCUT2D eigenvalue weighted by atomic mass is 9.95. The van der Waals surface area contributed by atoms with Crippen molar-refractivity contribution < 1.29 is 23.8 Å². The molecule has 0 aromatic heterocycles. The number of carbonyl (C=O) groups excluding carboxylic acids is 2. The van der Waals surface area contributed by atoms with Crippen LogP contribution in [0, 0.1) is 0 Å². The van der Waals surface area contributed by atoms with Crippen LogP contribution in [0.3, 0.4) is 0 Å². The molecule has 1 aliphatic heterocycles. The van der Waals surface area contributed by atoms with Gasteiger partial charge in [0.05, 0.1) is 29.8 Å². The van der Waals surface area contributed by atoms with Crippen LogP contribution in [0.25, 0.3) is 0 Å². The predicted molar refractivity (Wildman–Crippen MR) is 103 cm³/mol. The van der Waals surface area contributed by atoms with Gasteiger partial charge in [-0.2, -0.15) is 0 Å². The first kappa shape index (κ1) is 20.2. The molecule has 0 saturated heterocycles. The molecule has 0 unspecified atom stereocenters. The average molecular weight is 443 g/mol. The Kier molecular flexibility index (Phi) is 6.60. The average Bonchev–Trinajstić information content (AvgIpc) is 2.55. The molecule has 0 amide bonds. The summed E-state index contributed by atoms with van der Waals surface area (Å²) in [5, 5.41) is 6.39. The highest BCUT2D eigenvalue weighted by Gasteiger charge is 2.32. The lowest BCUT2D eigenvalue weighted by Gasteiger charge is -2.30. The van der Waals surface area contributed by atoms with Crippen LogP contribution in [0.1, 0.15) is 32.4 Å². The van der Waals surface area contributed by atoms with E-state index in [2.05, 4.69) is 26.6 Å². The molecule has 1 aromatic carbocycles. The molecule has 7 nitrogen and oxygen atoms in total. The molecule has 0 bridgehead atoms. The summed E-state index contributed by atoms with van der Waals surface area (Å²) in [4.78, 5) is 23.7. The van der Waals surface area contributed by atoms with Crippen molar-refractivity contribution in [3.8, 4) is 11.5 Å². The van der Waals surface area contributed by atoms with E-state index in [1.165, 1.54) is 14.0 Å². The zero-order valence-electron chi connectivity index (χ0n) is 14.8. The number of nitrogens with one attached hydrogen (secondary N) is 2. The van der Waals surface area contributed by atoms with E-state index in [0.29, 0.717) is 32.2 Å².